The van der Waals surface area contributed by atoms with Crippen molar-refractivity contribution in [2.75, 3.05) is 0 Å². The maximum Gasteiger partial charge on any atom is 0.287 e. The average molecular weight is 354 g/mol. The van der Waals surface area contributed by atoms with E-state index in [1.165, 1.54) is 18.6 Å². The number of hydrogen-bond acceptors (Lipinski definition) is 4. The summed E-state index contributed by atoms with van der Waals surface area (Å²) in [5.74, 6) is 1.14. The van der Waals surface area contributed by atoms with Crippen LogP contribution in [0.25, 0.3) is 0 Å². The van der Waals surface area contributed by atoms with E-state index in [-0.39, 0.29) is 16.7 Å². The highest BCUT2D eigenvalue weighted by molar-refractivity contribution is 7.80. The standard InChI is InChI=1S/C16H23NO4SSi/c1-23(2,3)16-12-9-8-11(10-12)15(16)21-22(20)14-7-5-4-6-13(14)17(18)19/h4-7,11-12,15-16H,8-10H2,1-3H3/t11-,12+,15-,16+,22-/m1/s1. The number of benzene rings is 1. The highest BCUT2D eigenvalue weighted by Gasteiger charge is 2.53. The van der Waals surface area contributed by atoms with Crippen LogP contribution in [0.5, 0.6) is 0 Å². The van der Waals surface area contributed by atoms with Gasteiger partial charge in [0.2, 0.25) is 0 Å². The Balaban J connectivity index is 1.84. The summed E-state index contributed by atoms with van der Waals surface area (Å²) in [7, 11) is -1.44. The van der Waals surface area contributed by atoms with Gasteiger partial charge in [-0.2, -0.15) is 0 Å². The zero-order valence-electron chi connectivity index (χ0n) is 13.7. The minimum atomic E-state index is -1.78. The number of nitro groups is 1. The molecule has 5 nitrogen and oxygen atoms in total. The lowest BCUT2D eigenvalue weighted by atomic mass is 9.97. The fourth-order valence-corrected chi connectivity index (χ4v) is 8.71. The van der Waals surface area contributed by atoms with E-state index in [0.29, 0.717) is 17.4 Å². The minimum absolute atomic E-state index is 0.0129. The van der Waals surface area contributed by atoms with Gasteiger partial charge >= 0.3 is 0 Å². The Morgan fingerprint density at radius 1 is 1.22 bits per heavy atom. The van der Waals surface area contributed by atoms with Crippen LogP contribution in [0.15, 0.2) is 29.2 Å². The van der Waals surface area contributed by atoms with Crippen molar-refractivity contribution in [3.63, 3.8) is 0 Å². The molecule has 1 aromatic rings. The van der Waals surface area contributed by atoms with E-state index in [1.807, 2.05) is 0 Å². The van der Waals surface area contributed by atoms with Crippen LogP contribution in [0.3, 0.4) is 0 Å². The first-order chi connectivity index (χ1) is 10.8. The molecule has 0 aromatic heterocycles. The van der Waals surface area contributed by atoms with Gasteiger partial charge in [-0.1, -0.05) is 31.8 Å². The molecule has 2 aliphatic carbocycles. The van der Waals surface area contributed by atoms with Crippen LogP contribution in [0.4, 0.5) is 5.69 Å². The number of para-hydroxylation sites is 1. The molecule has 7 heteroatoms. The van der Waals surface area contributed by atoms with Gasteiger partial charge in [-0.25, -0.2) is 4.21 Å². The Labute approximate surface area is 140 Å². The summed E-state index contributed by atoms with van der Waals surface area (Å²) in [5, 5.41) is 11.1. The van der Waals surface area contributed by atoms with Crippen molar-refractivity contribution < 1.29 is 13.3 Å². The van der Waals surface area contributed by atoms with Gasteiger partial charge in [-0.15, -0.1) is 0 Å². The molecule has 5 atom stereocenters. The number of rotatable bonds is 5. The first kappa shape index (κ1) is 16.8. The zero-order chi connectivity index (χ0) is 16.8. The molecule has 2 fully saturated rings. The van der Waals surface area contributed by atoms with Crippen LogP contribution in [-0.4, -0.2) is 23.3 Å². The number of nitro benzene ring substituents is 1. The monoisotopic (exact) mass is 353 g/mol. The second-order valence-corrected chi connectivity index (χ2v) is 14.2. The predicted molar refractivity (Wildman–Crippen MR) is 92.3 cm³/mol. The molecule has 0 spiro atoms. The number of nitrogens with zero attached hydrogens (tertiary/aromatic N) is 1. The molecular weight excluding hydrogens is 330 g/mol. The molecule has 0 saturated heterocycles. The number of fused-ring (bicyclic) bond motifs is 2. The minimum Gasteiger partial charge on any atom is -0.283 e. The second kappa shape index (κ2) is 6.11. The Morgan fingerprint density at radius 3 is 2.52 bits per heavy atom. The van der Waals surface area contributed by atoms with Crippen molar-refractivity contribution in [1.29, 1.82) is 0 Å². The van der Waals surface area contributed by atoms with Crippen LogP contribution in [0.2, 0.25) is 25.2 Å². The molecule has 2 bridgehead atoms. The molecule has 0 aliphatic heterocycles. The first-order valence-electron chi connectivity index (χ1n) is 8.11. The third kappa shape index (κ3) is 3.14. The molecule has 2 aliphatic rings. The van der Waals surface area contributed by atoms with Crippen LogP contribution >= 0.6 is 0 Å². The molecule has 23 heavy (non-hydrogen) atoms. The van der Waals surface area contributed by atoms with E-state index < -0.39 is 24.1 Å². The van der Waals surface area contributed by atoms with Gasteiger partial charge in [-0.05, 0) is 42.7 Å². The Bertz CT molecular complexity index is 645. The van der Waals surface area contributed by atoms with Crippen LogP contribution in [0.1, 0.15) is 19.3 Å². The van der Waals surface area contributed by atoms with E-state index in [1.54, 1.807) is 12.1 Å². The number of hydrogen-bond donors (Lipinski definition) is 0. The largest absolute Gasteiger partial charge is 0.287 e. The molecule has 126 valence electrons. The van der Waals surface area contributed by atoms with Crippen molar-refractivity contribution in [3.05, 3.63) is 34.4 Å². The smallest absolute Gasteiger partial charge is 0.283 e. The van der Waals surface area contributed by atoms with Gasteiger partial charge < -0.3 is 0 Å². The molecule has 0 unspecified atom stereocenters. The van der Waals surface area contributed by atoms with Crippen LogP contribution < -0.4 is 0 Å². The highest BCUT2D eigenvalue weighted by Crippen LogP contribution is 2.57. The quantitative estimate of drug-likeness (QED) is 0.453. The third-order valence-electron chi connectivity index (χ3n) is 5.28. The van der Waals surface area contributed by atoms with Gasteiger partial charge in [0.1, 0.15) is 4.90 Å². The van der Waals surface area contributed by atoms with E-state index in [4.69, 9.17) is 4.18 Å². The molecular formula is C16H23NO4SSi. The second-order valence-electron chi connectivity index (χ2n) is 7.75. The Morgan fingerprint density at radius 2 is 1.87 bits per heavy atom. The van der Waals surface area contributed by atoms with Gasteiger partial charge in [0.15, 0.2) is 11.1 Å². The summed E-state index contributed by atoms with van der Waals surface area (Å²) >= 11 is -1.78. The van der Waals surface area contributed by atoms with E-state index >= 15 is 0 Å². The molecule has 0 heterocycles. The summed E-state index contributed by atoms with van der Waals surface area (Å²) in [6, 6.07) is 6.17. The van der Waals surface area contributed by atoms with Crippen LogP contribution in [0, 0.1) is 22.0 Å². The van der Waals surface area contributed by atoms with Crippen LogP contribution in [-0.2, 0) is 15.3 Å². The van der Waals surface area contributed by atoms with E-state index in [2.05, 4.69) is 19.6 Å². The van der Waals surface area contributed by atoms with Crippen molar-refractivity contribution in [2.24, 2.45) is 11.8 Å². The van der Waals surface area contributed by atoms with E-state index in [0.717, 1.165) is 12.8 Å². The normalized spacial score (nSPS) is 31.3. The van der Waals surface area contributed by atoms with Gasteiger partial charge in [-0.3, -0.25) is 14.3 Å². The van der Waals surface area contributed by atoms with Crippen molar-refractivity contribution in [1.82, 2.24) is 0 Å². The molecule has 0 amide bonds. The van der Waals surface area contributed by atoms with Gasteiger partial charge in [0.05, 0.1) is 19.1 Å². The maximum absolute atomic E-state index is 12.7. The first-order valence-corrected chi connectivity index (χ1v) is 12.8. The van der Waals surface area contributed by atoms with Gasteiger partial charge in [0.25, 0.3) is 5.69 Å². The summed E-state index contributed by atoms with van der Waals surface area (Å²) in [6.45, 7) is 7.01. The average Bonchev–Trinajstić information content (AvgIpc) is 3.07. The fraction of sp³-hybridized carbons (Fsp3) is 0.625. The molecule has 2 saturated carbocycles. The molecule has 0 N–H and O–H groups in total. The lowest BCUT2D eigenvalue weighted by Gasteiger charge is -2.38. The highest BCUT2D eigenvalue weighted by atomic mass is 32.2. The lowest BCUT2D eigenvalue weighted by molar-refractivity contribution is -0.387. The van der Waals surface area contributed by atoms with E-state index in [9.17, 15) is 14.3 Å². The third-order valence-corrected chi connectivity index (χ3v) is 9.18. The SMILES string of the molecule is C[Si](C)(C)[C@H]1[C@H]2CC[C@H](C2)[C@H]1O[S@@](=O)c1ccccc1[N+](=O)[O-]. The van der Waals surface area contributed by atoms with Crippen molar-refractivity contribution >= 4 is 24.8 Å². The predicted octanol–water partition coefficient (Wildman–Crippen LogP) is 4.14. The summed E-state index contributed by atoms with van der Waals surface area (Å²) in [5.41, 5.74) is 0.367. The molecule has 1 aromatic carbocycles. The summed E-state index contributed by atoms with van der Waals surface area (Å²) in [6.07, 6.45) is 3.52. The Hall–Kier alpha value is -1.05. The van der Waals surface area contributed by atoms with Crippen molar-refractivity contribution in [2.45, 2.75) is 55.4 Å². The Kier molecular flexibility index (Phi) is 4.46. The lowest BCUT2D eigenvalue weighted by Crippen LogP contribution is -2.41. The van der Waals surface area contributed by atoms with Crippen molar-refractivity contribution in [3.8, 4) is 0 Å². The maximum atomic E-state index is 12.7. The topological polar surface area (TPSA) is 69.4 Å². The summed E-state index contributed by atoms with van der Waals surface area (Å²) in [4.78, 5) is 10.8. The molecule has 0 radical (unpaired) electrons. The zero-order valence-corrected chi connectivity index (χ0v) is 15.5. The molecule has 3 rings (SSSR count). The summed E-state index contributed by atoms with van der Waals surface area (Å²) < 4.78 is 18.6. The van der Waals surface area contributed by atoms with Gasteiger partial charge in [0, 0.05) is 6.07 Å². The fourth-order valence-electron chi connectivity index (χ4n) is 4.48.